The Morgan fingerprint density at radius 3 is 2.73 bits per heavy atom. The molecule has 1 aliphatic heterocycles. The number of hydrogen-bond donors (Lipinski definition) is 1. The Morgan fingerprint density at radius 1 is 1.33 bits per heavy atom. The molecule has 0 aliphatic carbocycles. The lowest BCUT2D eigenvalue weighted by Gasteiger charge is -2.07. The molecular weight excluding hydrogens is 210 g/mol. The highest BCUT2D eigenvalue weighted by molar-refractivity contribution is 7.92. The lowest BCUT2D eigenvalue weighted by molar-refractivity contribution is 0.575. The summed E-state index contributed by atoms with van der Waals surface area (Å²) < 4.78 is 24.1. The summed E-state index contributed by atoms with van der Waals surface area (Å²) >= 11 is 0. The van der Waals surface area contributed by atoms with E-state index in [9.17, 15) is 8.42 Å². The summed E-state index contributed by atoms with van der Waals surface area (Å²) in [5.41, 5.74) is 6.36. The average Bonchev–Trinajstić information content (AvgIpc) is 2.48. The molecule has 1 aromatic rings. The van der Waals surface area contributed by atoms with Gasteiger partial charge >= 0.3 is 0 Å². The topological polar surface area (TPSA) is 60.2 Å². The fraction of sp³-hybridized carbons (Fsp3) is 0.455. The van der Waals surface area contributed by atoms with E-state index in [2.05, 4.69) is 0 Å². The van der Waals surface area contributed by atoms with Crippen LogP contribution in [0.2, 0.25) is 0 Å². The minimum Gasteiger partial charge on any atom is -0.330 e. The first-order valence-corrected chi connectivity index (χ1v) is 6.73. The molecule has 1 aliphatic rings. The molecule has 0 amide bonds. The van der Waals surface area contributed by atoms with Gasteiger partial charge in [-0.15, -0.1) is 0 Å². The molecule has 0 fully saturated rings. The molecule has 0 spiro atoms. The van der Waals surface area contributed by atoms with Crippen LogP contribution in [-0.2, 0) is 16.3 Å². The van der Waals surface area contributed by atoms with Crippen molar-refractivity contribution in [3.05, 3.63) is 29.8 Å². The summed E-state index contributed by atoms with van der Waals surface area (Å²) in [4.78, 5) is 0.520. The van der Waals surface area contributed by atoms with Crippen LogP contribution in [0.3, 0.4) is 0 Å². The highest BCUT2D eigenvalue weighted by atomic mass is 32.2. The molecule has 0 saturated heterocycles. The Balaban J connectivity index is 2.31. The molecule has 0 bridgehead atoms. The fourth-order valence-corrected chi connectivity index (χ4v) is 4.11. The Bertz CT molecular complexity index is 453. The van der Waals surface area contributed by atoms with Crippen LogP contribution in [0.25, 0.3) is 0 Å². The van der Waals surface area contributed by atoms with Gasteiger partial charge in [-0.05, 0) is 37.4 Å². The van der Waals surface area contributed by atoms with Gasteiger partial charge in [0.25, 0.3) is 0 Å². The van der Waals surface area contributed by atoms with E-state index in [-0.39, 0.29) is 5.25 Å². The maximum Gasteiger partial charge on any atom is 0.181 e. The third kappa shape index (κ3) is 1.79. The second kappa shape index (κ2) is 3.94. The predicted molar refractivity (Wildman–Crippen MR) is 59.4 cm³/mol. The SMILES string of the molecule is NCCCC1Cc2ccccc2S1(=O)=O. The summed E-state index contributed by atoms with van der Waals surface area (Å²) in [5, 5.41) is -0.251. The van der Waals surface area contributed by atoms with E-state index in [1.807, 2.05) is 12.1 Å². The van der Waals surface area contributed by atoms with Gasteiger partial charge in [-0.3, -0.25) is 0 Å². The molecule has 82 valence electrons. The Kier molecular flexibility index (Phi) is 2.80. The van der Waals surface area contributed by atoms with Gasteiger partial charge in [-0.1, -0.05) is 18.2 Å². The van der Waals surface area contributed by atoms with Gasteiger partial charge < -0.3 is 5.73 Å². The number of nitrogens with two attached hydrogens (primary N) is 1. The van der Waals surface area contributed by atoms with Crippen molar-refractivity contribution in [1.29, 1.82) is 0 Å². The molecule has 15 heavy (non-hydrogen) atoms. The summed E-state index contributed by atoms with van der Waals surface area (Å²) in [6, 6.07) is 7.27. The maximum atomic E-state index is 12.0. The number of sulfone groups is 1. The normalized spacial score (nSPS) is 22.6. The molecule has 1 atom stereocenters. The zero-order valence-electron chi connectivity index (χ0n) is 8.52. The van der Waals surface area contributed by atoms with E-state index >= 15 is 0 Å². The van der Waals surface area contributed by atoms with Crippen molar-refractivity contribution in [3.8, 4) is 0 Å². The largest absolute Gasteiger partial charge is 0.330 e. The van der Waals surface area contributed by atoms with Gasteiger partial charge in [0, 0.05) is 0 Å². The van der Waals surface area contributed by atoms with Crippen molar-refractivity contribution in [1.82, 2.24) is 0 Å². The molecule has 1 aromatic carbocycles. The molecule has 1 heterocycles. The third-order valence-electron chi connectivity index (χ3n) is 2.90. The van der Waals surface area contributed by atoms with Crippen LogP contribution in [0.4, 0.5) is 0 Å². The molecule has 2 rings (SSSR count). The van der Waals surface area contributed by atoms with Crippen molar-refractivity contribution in [3.63, 3.8) is 0 Å². The smallest absolute Gasteiger partial charge is 0.181 e. The standard InChI is InChI=1S/C11H15NO2S/c12-7-3-5-10-8-9-4-1-2-6-11(9)15(10,13)14/h1-2,4,6,10H,3,5,7-8,12H2. The van der Waals surface area contributed by atoms with Crippen LogP contribution < -0.4 is 5.73 Å². The summed E-state index contributed by atoms with van der Waals surface area (Å²) in [6.07, 6.45) is 2.10. The molecule has 3 nitrogen and oxygen atoms in total. The van der Waals surface area contributed by atoms with E-state index in [1.54, 1.807) is 12.1 Å². The van der Waals surface area contributed by atoms with Crippen LogP contribution in [0, 0.1) is 0 Å². The zero-order chi connectivity index (χ0) is 10.9. The number of rotatable bonds is 3. The van der Waals surface area contributed by atoms with E-state index in [0.29, 0.717) is 24.3 Å². The van der Waals surface area contributed by atoms with Gasteiger partial charge in [0.15, 0.2) is 9.84 Å². The highest BCUT2D eigenvalue weighted by Crippen LogP contribution is 2.32. The maximum absolute atomic E-state index is 12.0. The zero-order valence-corrected chi connectivity index (χ0v) is 9.33. The first-order valence-electron chi connectivity index (χ1n) is 5.18. The van der Waals surface area contributed by atoms with E-state index in [1.165, 1.54) is 0 Å². The van der Waals surface area contributed by atoms with Gasteiger partial charge in [0.1, 0.15) is 0 Å². The monoisotopic (exact) mass is 225 g/mol. The second-order valence-corrected chi connectivity index (χ2v) is 6.11. The summed E-state index contributed by atoms with van der Waals surface area (Å²) in [6.45, 7) is 0.558. The summed E-state index contributed by atoms with van der Waals surface area (Å²) in [5.74, 6) is 0. The first-order chi connectivity index (χ1) is 7.16. The molecule has 0 saturated carbocycles. The Labute approximate surface area is 90.2 Å². The fourth-order valence-electron chi connectivity index (χ4n) is 2.09. The minimum atomic E-state index is -3.07. The molecule has 1 unspecified atom stereocenters. The van der Waals surface area contributed by atoms with Gasteiger partial charge in [0.2, 0.25) is 0 Å². The van der Waals surface area contributed by atoms with E-state index in [4.69, 9.17) is 5.73 Å². The number of benzene rings is 1. The van der Waals surface area contributed by atoms with Crippen LogP contribution in [-0.4, -0.2) is 20.2 Å². The van der Waals surface area contributed by atoms with Gasteiger partial charge in [-0.25, -0.2) is 8.42 Å². The van der Waals surface area contributed by atoms with Crippen molar-refractivity contribution in [2.75, 3.05) is 6.54 Å². The molecule has 0 radical (unpaired) electrons. The second-order valence-electron chi connectivity index (χ2n) is 3.91. The quantitative estimate of drug-likeness (QED) is 0.838. The van der Waals surface area contributed by atoms with Crippen molar-refractivity contribution in [2.45, 2.75) is 29.4 Å². The van der Waals surface area contributed by atoms with Crippen LogP contribution >= 0.6 is 0 Å². The molecular formula is C11H15NO2S. The average molecular weight is 225 g/mol. The lowest BCUT2D eigenvalue weighted by Crippen LogP contribution is -2.18. The number of hydrogen-bond acceptors (Lipinski definition) is 3. The van der Waals surface area contributed by atoms with Crippen molar-refractivity contribution >= 4 is 9.84 Å². The number of fused-ring (bicyclic) bond motifs is 1. The van der Waals surface area contributed by atoms with Crippen LogP contribution in [0.1, 0.15) is 18.4 Å². The minimum absolute atomic E-state index is 0.251. The van der Waals surface area contributed by atoms with E-state index in [0.717, 1.165) is 12.0 Å². The lowest BCUT2D eigenvalue weighted by atomic mass is 10.1. The molecule has 0 aromatic heterocycles. The van der Waals surface area contributed by atoms with Crippen molar-refractivity contribution < 1.29 is 8.42 Å². The van der Waals surface area contributed by atoms with Gasteiger partial charge in [0.05, 0.1) is 10.1 Å². The van der Waals surface area contributed by atoms with Crippen LogP contribution in [0.5, 0.6) is 0 Å². The Hall–Kier alpha value is -0.870. The van der Waals surface area contributed by atoms with Gasteiger partial charge in [-0.2, -0.15) is 0 Å². The predicted octanol–water partition coefficient (Wildman–Crippen LogP) is 1.12. The highest BCUT2D eigenvalue weighted by Gasteiger charge is 2.35. The van der Waals surface area contributed by atoms with Crippen LogP contribution in [0.15, 0.2) is 29.2 Å². The molecule has 4 heteroatoms. The first kappa shape index (κ1) is 10.6. The Morgan fingerprint density at radius 2 is 2.07 bits per heavy atom. The third-order valence-corrected chi connectivity index (χ3v) is 5.19. The van der Waals surface area contributed by atoms with Crippen molar-refractivity contribution in [2.24, 2.45) is 5.73 Å². The van der Waals surface area contributed by atoms with E-state index < -0.39 is 9.84 Å². The summed E-state index contributed by atoms with van der Waals surface area (Å²) in [7, 11) is -3.07. The molecule has 2 N–H and O–H groups in total.